The van der Waals surface area contributed by atoms with Gasteiger partial charge in [-0.2, -0.15) is 9.94 Å². The van der Waals surface area contributed by atoms with Crippen molar-refractivity contribution in [3.8, 4) is 11.8 Å². The van der Waals surface area contributed by atoms with Crippen LogP contribution in [0.1, 0.15) is 52.7 Å². The SMILES string of the molecule is CCN(C(=O)CSc1nnnn1-c1ccc(C(=O)O)cc1C#N)c1ccc(C2CC2)cc1C. The number of carboxylic acid groups (broad SMARTS) is 1. The highest BCUT2D eigenvalue weighted by Crippen LogP contribution is 2.41. The molecule has 0 atom stereocenters. The summed E-state index contributed by atoms with van der Waals surface area (Å²) in [6.45, 7) is 4.49. The Morgan fingerprint density at radius 1 is 1.27 bits per heavy atom. The maximum absolute atomic E-state index is 13.1. The van der Waals surface area contributed by atoms with E-state index < -0.39 is 5.97 Å². The first kappa shape index (κ1) is 22.5. The molecule has 2 aromatic carbocycles. The Hall–Kier alpha value is -3.71. The third kappa shape index (κ3) is 4.73. The Balaban J connectivity index is 1.51. The highest BCUT2D eigenvalue weighted by atomic mass is 32.2. The minimum Gasteiger partial charge on any atom is -0.478 e. The molecule has 0 saturated heterocycles. The highest BCUT2D eigenvalue weighted by Gasteiger charge is 2.25. The number of carbonyl (C=O) groups excluding carboxylic acids is 1. The number of anilines is 1. The van der Waals surface area contributed by atoms with Gasteiger partial charge in [-0.3, -0.25) is 4.79 Å². The van der Waals surface area contributed by atoms with E-state index in [0.29, 0.717) is 23.3 Å². The zero-order valence-electron chi connectivity index (χ0n) is 18.2. The van der Waals surface area contributed by atoms with E-state index in [-0.39, 0.29) is 22.8 Å². The highest BCUT2D eigenvalue weighted by molar-refractivity contribution is 7.99. The zero-order valence-corrected chi connectivity index (χ0v) is 19.0. The van der Waals surface area contributed by atoms with Gasteiger partial charge in [0, 0.05) is 12.2 Å². The van der Waals surface area contributed by atoms with Gasteiger partial charge in [-0.15, -0.1) is 5.10 Å². The minimum atomic E-state index is -1.13. The van der Waals surface area contributed by atoms with E-state index in [9.17, 15) is 14.9 Å². The van der Waals surface area contributed by atoms with Crippen LogP contribution in [0.4, 0.5) is 5.69 Å². The Morgan fingerprint density at radius 3 is 2.70 bits per heavy atom. The summed E-state index contributed by atoms with van der Waals surface area (Å²) in [5, 5.41) is 30.5. The van der Waals surface area contributed by atoms with Gasteiger partial charge in [-0.25, -0.2) is 4.79 Å². The van der Waals surface area contributed by atoms with Crippen molar-refractivity contribution >= 4 is 29.3 Å². The number of carbonyl (C=O) groups is 2. The quantitative estimate of drug-likeness (QED) is 0.504. The monoisotopic (exact) mass is 462 g/mol. The van der Waals surface area contributed by atoms with Crippen LogP contribution >= 0.6 is 11.8 Å². The molecule has 0 aliphatic heterocycles. The number of carboxylic acids is 1. The predicted molar refractivity (Wildman–Crippen MR) is 123 cm³/mol. The Labute approximate surface area is 195 Å². The number of hydrogen-bond donors (Lipinski definition) is 1. The van der Waals surface area contributed by atoms with E-state index in [1.807, 2.05) is 26.0 Å². The van der Waals surface area contributed by atoms with E-state index in [1.54, 1.807) is 4.90 Å². The summed E-state index contributed by atoms with van der Waals surface area (Å²) in [5.74, 6) is -0.454. The zero-order chi connectivity index (χ0) is 23.5. The van der Waals surface area contributed by atoms with Gasteiger partial charge in [-0.1, -0.05) is 23.9 Å². The predicted octanol–water partition coefficient (Wildman–Crippen LogP) is 3.56. The van der Waals surface area contributed by atoms with Crippen LogP contribution in [0.25, 0.3) is 5.69 Å². The van der Waals surface area contributed by atoms with Crippen LogP contribution in [-0.4, -0.2) is 49.5 Å². The van der Waals surface area contributed by atoms with E-state index in [0.717, 1.165) is 23.0 Å². The number of amides is 1. The van der Waals surface area contributed by atoms with Crippen molar-refractivity contribution in [3.05, 3.63) is 58.7 Å². The summed E-state index contributed by atoms with van der Waals surface area (Å²) in [4.78, 5) is 26.0. The fraction of sp³-hybridized carbons (Fsp3) is 0.304. The van der Waals surface area contributed by atoms with Gasteiger partial charge in [0.1, 0.15) is 6.07 Å². The molecule has 1 saturated carbocycles. The topological polar surface area (TPSA) is 125 Å². The lowest BCUT2D eigenvalue weighted by Gasteiger charge is -2.23. The molecule has 1 aliphatic carbocycles. The molecule has 168 valence electrons. The van der Waals surface area contributed by atoms with Crippen molar-refractivity contribution in [1.29, 1.82) is 5.26 Å². The second-order valence-electron chi connectivity index (χ2n) is 7.77. The lowest BCUT2D eigenvalue weighted by Crippen LogP contribution is -2.32. The summed E-state index contributed by atoms with van der Waals surface area (Å²) in [7, 11) is 0. The van der Waals surface area contributed by atoms with Gasteiger partial charge >= 0.3 is 5.97 Å². The number of aryl methyl sites for hydroxylation is 1. The molecule has 3 aromatic rings. The van der Waals surface area contributed by atoms with Crippen molar-refractivity contribution in [2.75, 3.05) is 17.2 Å². The molecule has 1 N–H and O–H groups in total. The second kappa shape index (κ2) is 9.42. The van der Waals surface area contributed by atoms with Crippen molar-refractivity contribution in [2.45, 2.75) is 37.8 Å². The summed E-state index contributed by atoms with van der Waals surface area (Å²) in [6, 6.07) is 12.4. The van der Waals surface area contributed by atoms with E-state index in [4.69, 9.17) is 5.11 Å². The van der Waals surface area contributed by atoms with Gasteiger partial charge < -0.3 is 10.0 Å². The molecule has 10 heteroatoms. The molecular formula is C23H22N6O3S. The van der Waals surface area contributed by atoms with Crippen molar-refractivity contribution < 1.29 is 14.7 Å². The summed E-state index contributed by atoms with van der Waals surface area (Å²) < 4.78 is 1.34. The molecule has 33 heavy (non-hydrogen) atoms. The molecule has 9 nitrogen and oxygen atoms in total. The molecular weight excluding hydrogens is 440 g/mol. The molecule has 0 unspecified atom stereocenters. The number of rotatable bonds is 8. The number of aromatic carboxylic acids is 1. The van der Waals surface area contributed by atoms with Crippen LogP contribution in [0.2, 0.25) is 0 Å². The van der Waals surface area contributed by atoms with Gasteiger partial charge in [0.2, 0.25) is 11.1 Å². The van der Waals surface area contributed by atoms with Crippen LogP contribution in [0.15, 0.2) is 41.6 Å². The number of benzene rings is 2. The minimum absolute atomic E-state index is 0.00517. The molecule has 1 aromatic heterocycles. The van der Waals surface area contributed by atoms with E-state index in [1.165, 1.54) is 41.3 Å². The largest absolute Gasteiger partial charge is 0.478 e. The van der Waals surface area contributed by atoms with Gasteiger partial charge in [0.05, 0.1) is 22.6 Å². The Morgan fingerprint density at radius 2 is 2.06 bits per heavy atom. The first-order chi connectivity index (χ1) is 15.9. The molecule has 4 rings (SSSR count). The molecule has 0 spiro atoms. The molecule has 0 bridgehead atoms. The van der Waals surface area contributed by atoms with E-state index >= 15 is 0 Å². The Kier molecular flexibility index (Phi) is 6.42. The molecule has 0 radical (unpaired) electrons. The summed E-state index contributed by atoms with van der Waals surface area (Å²) >= 11 is 1.16. The number of nitriles is 1. The van der Waals surface area contributed by atoms with Crippen LogP contribution < -0.4 is 4.90 Å². The van der Waals surface area contributed by atoms with Crippen molar-refractivity contribution in [3.63, 3.8) is 0 Å². The van der Waals surface area contributed by atoms with Crippen LogP contribution in [0.5, 0.6) is 0 Å². The van der Waals surface area contributed by atoms with Crippen molar-refractivity contribution in [1.82, 2.24) is 20.2 Å². The van der Waals surface area contributed by atoms with Crippen LogP contribution in [-0.2, 0) is 4.79 Å². The number of aromatic nitrogens is 4. The number of hydrogen-bond acceptors (Lipinski definition) is 7. The smallest absolute Gasteiger partial charge is 0.335 e. The maximum atomic E-state index is 13.1. The summed E-state index contributed by atoms with van der Waals surface area (Å²) in [6.07, 6.45) is 2.46. The average molecular weight is 463 g/mol. The average Bonchev–Trinajstić information content (AvgIpc) is 3.56. The Bertz CT molecular complexity index is 1260. The molecule has 1 fully saturated rings. The fourth-order valence-corrected chi connectivity index (χ4v) is 4.46. The number of thioether (sulfide) groups is 1. The van der Waals surface area contributed by atoms with Crippen LogP contribution in [0.3, 0.4) is 0 Å². The summed E-state index contributed by atoms with van der Waals surface area (Å²) in [5.41, 5.74) is 3.76. The first-order valence-corrected chi connectivity index (χ1v) is 11.5. The lowest BCUT2D eigenvalue weighted by molar-refractivity contribution is -0.116. The third-order valence-electron chi connectivity index (χ3n) is 5.54. The first-order valence-electron chi connectivity index (χ1n) is 10.5. The molecule has 1 heterocycles. The third-order valence-corrected chi connectivity index (χ3v) is 6.44. The van der Waals surface area contributed by atoms with Crippen LogP contribution in [0, 0.1) is 18.3 Å². The normalized spacial score (nSPS) is 12.9. The lowest BCUT2D eigenvalue weighted by atomic mass is 10.1. The van der Waals surface area contributed by atoms with E-state index in [2.05, 4.69) is 27.7 Å². The van der Waals surface area contributed by atoms with Gasteiger partial charge in [-0.05, 0) is 78.4 Å². The fourth-order valence-electron chi connectivity index (χ4n) is 3.70. The number of nitrogens with zero attached hydrogens (tertiary/aromatic N) is 6. The molecule has 1 aliphatic rings. The number of tetrazole rings is 1. The maximum Gasteiger partial charge on any atom is 0.335 e. The second-order valence-corrected chi connectivity index (χ2v) is 8.71. The molecule has 1 amide bonds. The van der Waals surface area contributed by atoms with Gasteiger partial charge in [0.25, 0.3) is 0 Å². The van der Waals surface area contributed by atoms with Gasteiger partial charge in [0.15, 0.2) is 0 Å². The van der Waals surface area contributed by atoms with Crippen molar-refractivity contribution in [2.24, 2.45) is 0 Å². The standard InChI is InChI=1S/C23H22N6O3S/c1-3-28(19-8-6-16(10-14(19)2)15-4-5-15)21(30)13-33-23-25-26-27-29(23)20-9-7-17(22(31)32)11-18(20)12-24/h6-11,15H,3-5,13H2,1-2H3,(H,31,32).